The van der Waals surface area contributed by atoms with Crippen LogP contribution in [-0.2, 0) is 0 Å². The van der Waals surface area contributed by atoms with Gasteiger partial charge in [0.05, 0.1) is 0 Å². The van der Waals surface area contributed by atoms with Crippen LogP contribution >= 0.6 is 0 Å². The van der Waals surface area contributed by atoms with Crippen LogP contribution in [0.2, 0.25) is 0 Å². The SMILES string of the molecule is CCCCCCCCN(CCCCCCCC)c1ccc(C#Cc2cc(C=CC3CCCC3)c(C#Cc3ccc(N(CCCCCCCC)CCCCCCCC)cc3)cc2C)cc1. The van der Waals surface area contributed by atoms with Gasteiger partial charge in [0.15, 0.2) is 0 Å². The van der Waals surface area contributed by atoms with Crippen molar-refractivity contribution in [2.75, 3.05) is 36.0 Å². The molecule has 1 fully saturated rings. The smallest absolute Gasteiger partial charge is 0.0367 e. The molecule has 0 atom stereocenters. The van der Waals surface area contributed by atoms with Crippen molar-refractivity contribution in [1.29, 1.82) is 0 Å². The lowest BCUT2D eigenvalue weighted by molar-refractivity contribution is 0.575. The third-order valence-electron chi connectivity index (χ3n) is 13.6. The molecule has 1 aliphatic rings. The summed E-state index contributed by atoms with van der Waals surface area (Å²) in [5.74, 6) is 15.0. The second-order valence-corrected chi connectivity index (χ2v) is 19.3. The van der Waals surface area contributed by atoms with Crippen LogP contribution in [0.25, 0.3) is 6.08 Å². The monoisotopic (exact) mass is 865 g/mol. The molecule has 1 saturated carbocycles. The molecule has 3 aromatic carbocycles. The predicted octanol–water partition coefficient (Wildman–Crippen LogP) is 18.1. The Balaban J connectivity index is 1.48. The maximum absolute atomic E-state index is 3.62. The normalized spacial score (nSPS) is 12.6. The quantitative estimate of drug-likeness (QED) is 0.0456. The number of nitrogens with zero attached hydrogens (tertiary/aromatic N) is 2. The number of allylic oxidation sites excluding steroid dienone is 1. The van der Waals surface area contributed by atoms with E-state index in [9.17, 15) is 0 Å². The van der Waals surface area contributed by atoms with Crippen molar-refractivity contribution in [2.45, 2.75) is 214 Å². The summed E-state index contributed by atoms with van der Waals surface area (Å²) in [7, 11) is 0. The van der Waals surface area contributed by atoms with E-state index in [4.69, 9.17) is 0 Å². The molecule has 3 aromatic rings. The van der Waals surface area contributed by atoms with Crippen LogP contribution in [-0.4, -0.2) is 26.2 Å². The zero-order chi connectivity index (χ0) is 45.3. The molecule has 0 saturated heterocycles. The van der Waals surface area contributed by atoms with Gasteiger partial charge in [0.1, 0.15) is 0 Å². The molecule has 0 amide bonds. The number of benzene rings is 3. The fourth-order valence-corrected chi connectivity index (χ4v) is 9.36. The molecule has 0 spiro atoms. The molecule has 2 heteroatoms. The Morgan fingerprint density at radius 3 is 1.19 bits per heavy atom. The average Bonchev–Trinajstić information content (AvgIpc) is 3.85. The van der Waals surface area contributed by atoms with E-state index in [0.29, 0.717) is 5.92 Å². The average molecular weight is 865 g/mol. The minimum Gasteiger partial charge on any atom is -0.372 e. The van der Waals surface area contributed by atoms with E-state index >= 15 is 0 Å². The maximum atomic E-state index is 3.62. The van der Waals surface area contributed by atoms with Gasteiger partial charge < -0.3 is 9.80 Å². The number of aryl methyl sites for hydroxylation is 1. The summed E-state index contributed by atoms with van der Waals surface area (Å²) < 4.78 is 0. The first-order valence-corrected chi connectivity index (χ1v) is 27.1. The Bertz CT molecular complexity index is 1770. The molecule has 0 bridgehead atoms. The van der Waals surface area contributed by atoms with E-state index in [1.165, 1.54) is 202 Å². The second-order valence-electron chi connectivity index (χ2n) is 19.3. The molecule has 0 radical (unpaired) electrons. The van der Waals surface area contributed by atoms with E-state index in [0.717, 1.165) is 48.4 Å². The summed E-state index contributed by atoms with van der Waals surface area (Å²) in [6.07, 6.45) is 42.2. The van der Waals surface area contributed by atoms with Crippen molar-refractivity contribution in [3.05, 3.63) is 100 Å². The fraction of sp³-hybridized carbons (Fsp3) is 0.613. The molecule has 0 unspecified atom stereocenters. The minimum absolute atomic E-state index is 0.667. The zero-order valence-corrected chi connectivity index (χ0v) is 42.0. The van der Waals surface area contributed by atoms with Crippen molar-refractivity contribution in [1.82, 2.24) is 0 Å². The lowest BCUT2D eigenvalue weighted by atomic mass is 9.97. The third-order valence-corrected chi connectivity index (χ3v) is 13.6. The topological polar surface area (TPSA) is 6.48 Å². The highest BCUT2D eigenvalue weighted by molar-refractivity contribution is 5.65. The lowest BCUT2D eigenvalue weighted by Crippen LogP contribution is -2.25. The molecule has 4 rings (SSSR count). The lowest BCUT2D eigenvalue weighted by Gasteiger charge is -2.25. The van der Waals surface area contributed by atoms with E-state index in [1.54, 1.807) is 0 Å². The van der Waals surface area contributed by atoms with E-state index in [2.05, 4.69) is 141 Å². The van der Waals surface area contributed by atoms with Crippen molar-refractivity contribution >= 4 is 17.5 Å². The van der Waals surface area contributed by atoms with Crippen LogP contribution in [0.15, 0.2) is 66.7 Å². The molecule has 0 aromatic heterocycles. The van der Waals surface area contributed by atoms with Gasteiger partial charge in [-0.3, -0.25) is 0 Å². The fourth-order valence-electron chi connectivity index (χ4n) is 9.36. The molecule has 350 valence electrons. The summed E-state index contributed by atoms with van der Waals surface area (Å²) >= 11 is 0. The first-order chi connectivity index (χ1) is 31.5. The van der Waals surface area contributed by atoms with Crippen molar-refractivity contribution < 1.29 is 0 Å². The van der Waals surface area contributed by atoms with Gasteiger partial charge in [-0.25, -0.2) is 0 Å². The number of anilines is 2. The first kappa shape index (κ1) is 52.7. The van der Waals surface area contributed by atoms with Gasteiger partial charge in [0.25, 0.3) is 0 Å². The second kappa shape index (κ2) is 33.6. The third kappa shape index (κ3) is 21.4. The largest absolute Gasteiger partial charge is 0.372 e. The molecule has 0 aliphatic heterocycles. The summed E-state index contributed by atoms with van der Waals surface area (Å²) in [6, 6.07) is 22.8. The Hall–Kier alpha value is -3.88. The van der Waals surface area contributed by atoms with Gasteiger partial charge in [0, 0.05) is 59.8 Å². The predicted molar refractivity (Wildman–Crippen MR) is 285 cm³/mol. The van der Waals surface area contributed by atoms with E-state index in [1.807, 2.05) is 0 Å². The summed E-state index contributed by atoms with van der Waals surface area (Å²) in [4.78, 5) is 5.28. The number of unbranched alkanes of at least 4 members (excludes halogenated alkanes) is 20. The molecule has 0 N–H and O–H groups in total. The van der Waals surface area contributed by atoms with E-state index in [-0.39, 0.29) is 0 Å². The van der Waals surface area contributed by atoms with Crippen LogP contribution in [0, 0.1) is 36.5 Å². The van der Waals surface area contributed by atoms with Crippen molar-refractivity contribution in [3.63, 3.8) is 0 Å². The van der Waals surface area contributed by atoms with Crippen LogP contribution in [0.4, 0.5) is 11.4 Å². The van der Waals surface area contributed by atoms with Gasteiger partial charge in [0.2, 0.25) is 0 Å². The molecule has 0 heterocycles. The standard InChI is InChI=1S/C62H92N2/c1-6-10-14-18-22-28-48-63(49-29-23-19-15-11-7-2)61-44-37-56(38-45-61)34-41-58-53-60(43-35-55-32-26-27-33-55)59(52-54(58)5)42-36-57-39-46-62(47-40-57)64(50-30-24-20-16-12-8-3)51-31-25-21-17-13-9-4/h35,37-40,43-47,52-53,55H,6-33,48-51H2,1-5H3. The number of hydrogen-bond acceptors (Lipinski definition) is 2. The maximum Gasteiger partial charge on any atom is 0.0367 e. The molecular formula is C62H92N2. The van der Waals surface area contributed by atoms with E-state index < -0.39 is 0 Å². The number of hydrogen-bond donors (Lipinski definition) is 0. The van der Waals surface area contributed by atoms with Gasteiger partial charge >= 0.3 is 0 Å². The van der Waals surface area contributed by atoms with Crippen LogP contribution < -0.4 is 9.80 Å². The summed E-state index contributed by atoms with van der Waals surface area (Å²) in [5.41, 5.74) is 9.41. The van der Waals surface area contributed by atoms with Crippen LogP contribution in [0.3, 0.4) is 0 Å². The summed E-state index contributed by atoms with van der Waals surface area (Å²) in [6.45, 7) is 16.0. The Labute approximate surface area is 395 Å². The van der Waals surface area contributed by atoms with Gasteiger partial charge in [-0.05, 0) is 123 Å². The highest BCUT2D eigenvalue weighted by Crippen LogP contribution is 2.28. The van der Waals surface area contributed by atoms with Gasteiger partial charge in [-0.1, -0.05) is 205 Å². The molecular weight excluding hydrogens is 773 g/mol. The Kier molecular flexibility index (Phi) is 27.7. The van der Waals surface area contributed by atoms with Crippen molar-refractivity contribution in [3.8, 4) is 23.7 Å². The minimum atomic E-state index is 0.667. The van der Waals surface area contributed by atoms with Gasteiger partial charge in [-0.15, -0.1) is 0 Å². The zero-order valence-electron chi connectivity index (χ0n) is 42.0. The number of rotatable bonds is 32. The van der Waals surface area contributed by atoms with Crippen molar-refractivity contribution in [2.24, 2.45) is 5.92 Å². The Morgan fingerprint density at radius 1 is 0.438 bits per heavy atom. The Morgan fingerprint density at radius 2 is 0.797 bits per heavy atom. The molecule has 2 nitrogen and oxygen atoms in total. The molecule has 1 aliphatic carbocycles. The highest BCUT2D eigenvalue weighted by atomic mass is 15.1. The van der Waals surface area contributed by atoms with Crippen LogP contribution in [0.1, 0.15) is 241 Å². The summed E-state index contributed by atoms with van der Waals surface area (Å²) in [5, 5.41) is 0. The van der Waals surface area contributed by atoms with Crippen LogP contribution in [0.5, 0.6) is 0 Å². The highest BCUT2D eigenvalue weighted by Gasteiger charge is 2.13. The molecule has 64 heavy (non-hydrogen) atoms. The first-order valence-electron chi connectivity index (χ1n) is 27.1. The van der Waals surface area contributed by atoms with Gasteiger partial charge in [-0.2, -0.15) is 0 Å².